The van der Waals surface area contributed by atoms with Gasteiger partial charge in [-0.05, 0) is 30.9 Å². The summed E-state index contributed by atoms with van der Waals surface area (Å²) in [6, 6.07) is 4.08. The maximum atomic E-state index is 6.51. The topological polar surface area (TPSA) is 26.0 Å². The molecule has 3 heteroatoms. The van der Waals surface area contributed by atoms with Crippen molar-refractivity contribution in [1.82, 2.24) is 0 Å². The molecule has 0 aromatic carbocycles. The Balaban J connectivity index is 2.08. The average molecular weight is 244 g/mol. The Labute approximate surface area is 101 Å². The molecule has 0 radical (unpaired) electrons. The van der Waals surface area contributed by atoms with Gasteiger partial charge in [-0.2, -0.15) is 0 Å². The summed E-state index contributed by atoms with van der Waals surface area (Å²) < 4.78 is 0.872. The highest BCUT2D eigenvalue weighted by molar-refractivity contribution is 7.16. The van der Waals surface area contributed by atoms with E-state index in [-0.39, 0.29) is 5.54 Å². The SMILES string of the molecule is CC1CCCCC1(N)Cc1ccc(Cl)s1. The Morgan fingerprint density at radius 3 is 2.93 bits per heavy atom. The van der Waals surface area contributed by atoms with Crippen LogP contribution in [0.5, 0.6) is 0 Å². The first-order valence-electron chi connectivity index (χ1n) is 5.63. The molecule has 2 rings (SSSR count). The van der Waals surface area contributed by atoms with Crippen molar-refractivity contribution in [3.63, 3.8) is 0 Å². The number of rotatable bonds is 2. The largest absolute Gasteiger partial charge is 0.325 e. The van der Waals surface area contributed by atoms with Gasteiger partial charge in [0.25, 0.3) is 0 Å². The van der Waals surface area contributed by atoms with Crippen LogP contribution < -0.4 is 5.73 Å². The average Bonchev–Trinajstić information content (AvgIpc) is 2.57. The van der Waals surface area contributed by atoms with E-state index in [0.717, 1.165) is 17.2 Å². The number of nitrogens with two attached hydrogens (primary N) is 1. The molecule has 84 valence electrons. The molecule has 1 saturated carbocycles. The summed E-state index contributed by atoms with van der Waals surface area (Å²) in [6.07, 6.45) is 6.04. The lowest BCUT2D eigenvalue weighted by atomic mass is 9.72. The second kappa shape index (κ2) is 4.44. The van der Waals surface area contributed by atoms with E-state index >= 15 is 0 Å². The van der Waals surface area contributed by atoms with E-state index in [9.17, 15) is 0 Å². The maximum absolute atomic E-state index is 6.51. The summed E-state index contributed by atoms with van der Waals surface area (Å²) in [5.74, 6) is 0.632. The summed E-state index contributed by atoms with van der Waals surface area (Å²) >= 11 is 7.60. The summed E-state index contributed by atoms with van der Waals surface area (Å²) in [4.78, 5) is 1.33. The van der Waals surface area contributed by atoms with Crippen LogP contribution >= 0.6 is 22.9 Å². The fourth-order valence-electron chi connectivity index (χ4n) is 2.47. The highest BCUT2D eigenvalue weighted by atomic mass is 35.5. The van der Waals surface area contributed by atoms with E-state index in [1.165, 1.54) is 24.1 Å². The Bertz CT molecular complexity index is 336. The maximum Gasteiger partial charge on any atom is 0.0931 e. The van der Waals surface area contributed by atoms with Gasteiger partial charge in [-0.15, -0.1) is 11.3 Å². The van der Waals surface area contributed by atoms with Gasteiger partial charge < -0.3 is 5.73 Å². The standard InChI is InChI=1S/C12H18ClNS/c1-9-4-2-3-7-12(9,14)8-10-5-6-11(13)15-10/h5-6,9H,2-4,7-8,14H2,1H3. The van der Waals surface area contributed by atoms with Gasteiger partial charge in [0.15, 0.2) is 0 Å². The van der Waals surface area contributed by atoms with Crippen molar-refractivity contribution >= 4 is 22.9 Å². The van der Waals surface area contributed by atoms with Crippen molar-refractivity contribution < 1.29 is 0 Å². The van der Waals surface area contributed by atoms with Crippen LogP contribution in [0.4, 0.5) is 0 Å². The van der Waals surface area contributed by atoms with Crippen LogP contribution in [0.2, 0.25) is 4.34 Å². The van der Waals surface area contributed by atoms with Crippen LogP contribution in [-0.2, 0) is 6.42 Å². The minimum atomic E-state index is 0.00638. The van der Waals surface area contributed by atoms with E-state index in [1.54, 1.807) is 11.3 Å². The molecule has 1 aromatic rings. The summed E-state index contributed by atoms with van der Waals surface area (Å²) in [7, 11) is 0. The van der Waals surface area contributed by atoms with E-state index in [4.69, 9.17) is 17.3 Å². The van der Waals surface area contributed by atoms with Gasteiger partial charge in [0.2, 0.25) is 0 Å². The summed E-state index contributed by atoms with van der Waals surface area (Å²) in [5.41, 5.74) is 6.51. The van der Waals surface area contributed by atoms with Crippen molar-refractivity contribution in [2.24, 2.45) is 11.7 Å². The third kappa shape index (κ3) is 2.55. The number of thiophene rings is 1. The summed E-state index contributed by atoms with van der Waals surface area (Å²) in [5, 5.41) is 0. The first-order chi connectivity index (χ1) is 7.10. The summed E-state index contributed by atoms with van der Waals surface area (Å²) in [6.45, 7) is 2.29. The van der Waals surface area contributed by atoms with Gasteiger partial charge in [-0.1, -0.05) is 31.4 Å². The fourth-order valence-corrected chi connectivity index (χ4v) is 3.70. The minimum absolute atomic E-state index is 0.00638. The van der Waals surface area contributed by atoms with Gasteiger partial charge in [0.1, 0.15) is 0 Å². The molecular weight excluding hydrogens is 226 g/mol. The van der Waals surface area contributed by atoms with Crippen LogP contribution in [0, 0.1) is 5.92 Å². The molecule has 0 aliphatic heterocycles. The molecule has 0 saturated heterocycles. The van der Waals surface area contributed by atoms with Gasteiger partial charge in [0.05, 0.1) is 4.34 Å². The molecule has 2 atom stereocenters. The third-order valence-corrected chi connectivity index (χ3v) is 4.87. The second-order valence-corrected chi connectivity index (χ2v) is 6.56. The van der Waals surface area contributed by atoms with Crippen molar-refractivity contribution in [3.8, 4) is 0 Å². The third-order valence-electron chi connectivity index (χ3n) is 3.64. The molecule has 1 fully saturated rings. The van der Waals surface area contributed by atoms with Crippen LogP contribution in [0.1, 0.15) is 37.5 Å². The van der Waals surface area contributed by atoms with E-state index in [2.05, 4.69) is 13.0 Å². The molecule has 2 unspecified atom stereocenters. The molecule has 1 heterocycles. The molecule has 0 bridgehead atoms. The molecule has 1 aromatic heterocycles. The van der Waals surface area contributed by atoms with E-state index < -0.39 is 0 Å². The Kier molecular flexibility index (Phi) is 3.39. The first kappa shape index (κ1) is 11.4. The zero-order valence-electron chi connectivity index (χ0n) is 9.13. The van der Waals surface area contributed by atoms with Crippen LogP contribution in [-0.4, -0.2) is 5.54 Å². The molecule has 0 spiro atoms. The van der Waals surface area contributed by atoms with Gasteiger partial charge >= 0.3 is 0 Å². The highest BCUT2D eigenvalue weighted by Gasteiger charge is 2.34. The van der Waals surface area contributed by atoms with Crippen LogP contribution in [0.3, 0.4) is 0 Å². The Hall–Kier alpha value is -0.0500. The Morgan fingerprint density at radius 2 is 2.33 bits per heavy atom. The van der Waals surface area contributed by atoms with Crippen molar-refractivity contribution in [2.75, 3.05) is 0 Å². The van der Waals surface area contributed by atoms with Crippen LogP contribution in [0.15, 0.2) is 12.1 Å². The smallest absolute Gasteiger partial charge is 0.0931 e. The second-order valence-electron chi connectivity index (χ2n) is 4.76. The molecule has 1 aliphatic rings. The molecule has 0 amide bonds. The zero-order valence-corrected chi connectivity index (χ0v) is 10.7. The van der Waals surface area contributed by atoms with Gasteiger partial charge in [-0.25, -0.2) is 0 Å². The first-order valence-corrected chi connectivity index (χ1v) is 6.83. The lowest BCUT2D eigenvalue weighted by Crippen LogP contribution is -2.49. The predicted molar refractivity (Wildman–Crippen MR) is 67.6 cm³/mol. The number of hydrogen-bond acceptors (Lipinski definition) is 2. The number of hydrogen-bond donors (Lipinski definition) is 1. The molecule has 1 nitrogen and oxygen atoms in total. The normalized spacial score (nSPS) is 31.8. The molecular formula is C12H18ClNS. The molecule has 2 N–H and O–H groups in total. The van der Waals surface area contributed by atoms with Crippen molar-refractivity contribution in [2.45, 2.75) is 44.6 Å². The van der Waals surface area contributed by atoms with E-state index in [1.807, 2.05) is 6.07 Å². The van der Waals surface area contributed by atoms with Crippen molar-refractivity contribution in [1.29, 1.82) is 0 Å². The van der Waals surface area contributed by atoms with Gasteiger partial charge in [-0.3, -0.25) is 0 Å². The quantitative estimate of drug-likeness (QED) is 0.839. The monoisotopic (exact) mass is 243 g/mol. The molecule has 1 aliphatic carbocycles. The minimum Gasteiger partial charge on any atom is -0.325 e. The fraction of sp³-hybridized carbons (Fsp3) is 0.667. The highest BCUT2D eigenvalue weighted by Crippen LogP contribution is 2.36. The lowest BCUT2D eigenvalue weighted by Gasteiger charge is -2.39. The lowest BCUT2D eigenvalue weighted by molar-refractivity contribution is 0.205. The predicted octanol–water partition coefficient (Wildman–Crippen LogP) is 3.85. The van der Waals surface area contributed by atoms with Crippen molar-refractivity contribution in [3.05, 3.63) is 21.3 Å². The van der Waals surface area contributed by atoms with Gasteiger partial charge in [0, 0.05) is 16.8 Å². The molecule has 15 heavy (non-hydrogen) atoms. The zero-order chi connectivity index (χ0) is 10.9. The Morgan fingerprint density at radius 1 is 1.53 bits per heavy atom. The van der Waals surface area contributed by atoms with E-state index in [0.29, 0.717) is 5.92 Å². The van der Waals surface area contributed by atoms with Crippen LogP contribution in [0.25, 0.3) is 0 Å². The number of halogens is 1.